The number of allylic oxidation sites excluding steroid dienone is 1. The van der Waals surface area contributed by atoms with Crippen molar-refractivity contribution in [3.05, 3.63) is 69.8 Å². The van der Waals surface area contributed by atoms with E-state index in [1.54, 1.807) is 23.1 Å². The van der Waals surface area contributed by atoms with Gasteiger partial charge >= 0.3 is 0 Å². The summed E-state index contributed by atoms with van der Waals surface area (Å²) in [6.07, 6.45) is 1.95. The molecule has 3 rings (SSSR count). The van der Waals surface area contributed by atoms with E-state index in [9.17, 15) is 20.0 Å². The van der Waals surface area contributed by atoms with Gasteiger partial charge in [0, 0.05) is 23.3 Å². The van der Waals surface area contributed by atoms with Crippen molar-refractivity contribution in [3.8, 4) is 5.75 Å². The number of non-ortho nitro benzene ring substituents is 1. The van der Waals surface area contributed by atoms with Crippen molar-refractivity contribution in [3.63, 3.8) is 0 Å². The molecule has 128 valence electrons. The number of carbonyl (C=O) groups is 1. The standard InChI is InChI=1S/C19H18N2O4/c1-12-11-19(2,3)20(17-8-7-15(22)10-16(12)17)18(23)13-5-4-6-14(9-13)21(24)25/h4-11,22H,1-3H3. The highest BCUT2D eigenvalue weighted by Crippen LogP contribution is 2.41. The fourth-order valence-electron chi connectivity index (χ4n) is 3.27. The first-order chi connectivity index (χ1) is 11.7. The average Bonchev–Trinajstić information content (AvgIpc) is 2.54. The van der Waals surface area contributed by atoms with Crippen LogP contribution in [0.2, 0.25) is 0 Å². The van der Waals surface area contributed by atoms with Gasteiger partial charge < -0.3 is 5.11 Å². The number of benzene rings is 2. The molecule has 1 amide bonds. The summed E-state index contributed by atoms with van der Waals surface area (Å²) in [6.45, 7) is 5.73. The molecule has 0 saturated heterocycles. The lowest BCUT2D eigenvalue weighted by atomic mass is 9.88. The van der Waals surface area contributed by atoms with Crippen LogP contribution in [0.15, 0.2) is 48.5 Å². The summed E-state index contributed by atoms with van der Waals surface area (Å²) in [5.41, 5.74) is 1.89. The zero-order valence-corrected chi connectivity index (χ0v) is 14.2. The third-order valence-electron chi connectivity index (χ3n) is 4.30. The van der Waals surface area contributed by atoms with Crippen LogP contribution in [0.5, 0.6) is 5.75 Å². The SMILES string of the molecule is CC1=CC(C)(C)N(C(=O)c2cccc([N+](=O)[O-])c2)c2ccc(O)cc21. The quantitative estimate of drug-likeness (QED) is 0.659. The number of hydrogen-bond acceptors (Lipinski definition) is 4. The Hall–Kier alpha value is -3.15. The number of phenols is 1. The summed E-state index contributed by atoms with van der Waals surface area (Å²) < 4.78 is 0. The van der Waals surface area contributed by atoms with Crippen LogP contribution in [0, 0.1) is 10.1 Å². The molecule has 1 aliphatic rings. The Labute approximate surface area is 145 Å². The Kier molecular flexibility index (Phi) is 3.83. The van der Waals surface area contributed by atoms with Crippen molar-refractivity contribution >= 4 is 22.9 Å². The molecule has 0 unspecified atom stereocenters. The van der Waals surface area contributed by atoms with Gasteiger partial charge in [-0.25, -0.2) is 0 Å². The number of phenolic OH excluding ortho intramolecular Hbond substituents is 1. The third kappa shape index (κ3) is 2.87. The van der Waals surface area contributed by atoms with Crippen LogP contribution in [0.25, 0.3) is 5.57 Å². The molecule has 2 aromatic carbocycles. The van der Waals surface area contributed by atoms with E-state index >= 15 is 0 Å². The van der Waals surface area contributed by atoms with Gasteiger partial charge in [0.05, 0.1) is 16.1 Å². The van der Waals surface area contributed by atoms with Gasteiger partial charge in [0.2, 0.25) is 0 Å². The second-order valence-corrected chi connectivity index (χ2v) is 6.63. The number of aromatic hydroxyl groups is 1. The molecule has 0 atom stereocenters. The lowest BCUT2D eigenvalue weighted by Gasteiger charge is -2.41. The maximum Gasteiger partial charge on any atom is 0.270 e. The molecule has 0 spiro atoms. The molecule has 0 aromatic heterocycles. The fraction of sp³-hybridized carbons (Fsp3) is 0.211. The molecule has 6 nitrogen and oxygen atoms in total. The summed E-state index contributed by atoms with van der Waals surface area (Å²) in [5.74, 6) is -0.210. The van der Waals surface area contributed by atoms with Crippen molar-refractivity contribution in [2.75, 3.05) is 4.90 Å². The predicted octanol–water partition coefficient (Wildman–Crippen LogP) is 4.14. The van der Waals surface area contributed by atoms with Gasteiger partial charge in [-0.05, 0) is 50.6 Å². The number of carbonyl (C=O) groups excluding carboxylic acids is 1. The molecule has 0 bridgehead atoms. The number of hydrogen-bond donors (Lipinski definition) is 1. The van der Waals surface area contributed by atoms with Crippen LogP contribution in [0.3, 0.4) is 0 Å². The Morgan fingerprint density at radius 2 is 1.92 bits per heavy atom. The Bertz CT molecular complexity index is 915. The fourth-order valence-corrected chi connectivity index (χ4v) is 3.27. The van der Waals surface area contributed by atoms with Gasteiger partial charge in [-0.15, -0.1) is 0 Å². The van der Waals surface area contributed by atoms with Crippen LogP contribution in [0.4, 0.5) is 11.4 Å². The molecule has 6 heteroatoms. The number of rotatable bonds is 2. The molecule has 2 aromatic rings. The Morgan fingerprint density at radius 1 is 1.20 bits per heavy atom. The molecular weight excluding hydrogens is 320 g/mol. The van der Waals surface area contributed by atoms with Gasteiger partial charge in [-0.2, -0.15) is 0 Å². The zero-order chi connectivity index (χ0) is 18.4. The van der Waals surface area contributed by atoms with E-state index < -0.39 is 10.5 Å². The molecule has 25 heavy (non-hydrogen) atoms. The molecule has 0 fully saturated rings. The predicted molar refractivity (Wildman–Crippen MR) is 95.7 cm³/mol. The van der Waals surface area contributed by atoms with E-state index in [0.717, 1.165) is 11.1 Å². The Morgan fingerprint density at radius 3 is 2.60 bits per heavy atom. The van der Waals surface area contributed by atoms with E-state index in [2.05, 4.69) is 0 Å². The van der Waals surface area contributed by atoms with Crippen molar-refractivity contribution in [2.45, 2.75) is 26.3 Å². The molecule has 0 radical (unpaired) electrons. The highest BCUT2D eigenvalue weighted by Gasteiger charge is 2.36. The molecular formula is C19H18N2O4. The minimum Gasteiger partial charge on any atom is -0.508 e. The second kappa shape index (κ2) is 5.73. The molecule has 1 heterocycles. The topological polar surface area (TPSA) is 83.7 Å². The van der Waals surface area contributed by atoms with Crippen molar-refractivity contribution in [1.82, 2.24) is 0 Å². The highest BCUT2D eigenvalue weighted by atomic mass is 16.6. The van der Waals surface area contributed by atoms with E-state index in [1.165, 1.54) is 24.3 Å². The number of nitro benzene ring substituents is 1. The normalized spacial score (nSPS) is 15.3. The van der Waals surface area contributed by atoms with E-state index in [1.807, 2.05) is 26.8 Å². The summed E-state index contributed by atoms with van der Waals surface area (Å²) in [5, 5.41) is 20.8. The molecule has 1 aliphatic heterocycles. The largest absolute Gasteiger partial charge is 0.508 e. The van der Waals surface area contributed by atoms with Crippen LogP contribution in [0.1, 0.15) is 36.7 Å². The van der Waals surface area contributed by atoms with Crippen LogP contribution >= 0.6 is 0 Å². The average molecular weight is 338 g/mol. The summed E-state index contributed by atoms with van der Waals surface area (Å²) in [6, 6.07) is 10.5. The maximum atomic E-state index is 13.2. The molecule has 1 N–H and O–H groups in total. The van der Waals surface area contributed by atoms with Crippen LogP contribution in [-0.2, 0) is 0 Å². The van der Waals surface area contributed by atoms with Gasteiger partial charge in [0.1, 0.15) is 5.75 Å². The number of nitro groups is 1. The van der Waals surface area contributed by atoms with Crippen molar-refractivity contribution in [2.24, 2.45) is 0 Å². The minimum absolute atomic E-state index is 0.119. The minimum atomic E-state index is -0.615. The van der Waals surface area contributed by atoms with E-state index in [0.29, 0.717) is 5.69 Å². The van der Waals surface area contributed by atoms with Gasteiger partial charge in [0.25, 0.3) is 11.6 Å². The molecule has 0 saturated carbocycles. The molecule has 0 aliphatic carbocycles. The van der Waals surface area contributed by atoms with Gasteiger partial charge in [-0.3, -0.25) is 19.8 Å². The summed E-state index contributed by atoms with van der Waals surface area (Å²) >= 11 is 0. The van der Waals surface area contributed by atoms with Gasteiger partial charge in [0.15, 0.2) is 0 Å². The smallest absolute Gasteiger partial charge is 0.270 e. The van der Waals surface area contributed by atoms with Crippen molar-refractivity contribution in [1.29, 1.82) is 0 Å². The second-order valence-electron chi connectivity index (χ2n) is 6.63. The number of nitrogens with zero attached hydrogens (tertiary/aromatic N) is 2. The number of fused-ring (bicyclic) bond motifs is 1. The number of anilines is 1. The summed E-state index contributed by atoms with van der Waals surface area (Å²) in [4.78, 5) is 25.2. The van der Waals surface area contributed by atoms with Crippen LogP contribution < -0.4 is 4.90 Å². The first-order valence-corrected chi connectivity index (χ1v) is 7.82. The monoisotopic (exact) mass is 338 g/mol. The lowest BCUT2D eigenvalue weighted by molar-refractivity contribution is -0.384. The highest BCUT2D eigenvalue weighted by molar-refractivity contribution is 6.10. The van der Waals surface area contributed by atoms with Gasteiger partial charge in [-0.1, -0.05) is 12.1 Å². The Balaban J connectivity index is 2.14. The van der Waals surface area contributed by atoms with Crippen LogP contribution in [-0.4, -0.2) is 21.5 Å². The first kappa shape index (κ1) is 16.7. The maximum absolute atomic E-state index is 13.2. The third-order valence-corrected chi connectivity index (χ3v) is 4.30. The zero-order valence-electron chi connectivity index (χ0n) is 14.2. The van der Waals surface area contributed by atoms with E-state index in [-0.39, 0.29) is 22.9 Å². The lowest BCUT2D eigenvalue weighted by Crippen LogP contribution is -2.49. The number of amides is 1. The first-order valence-electron chi connectivity index (χ1n) is 7.82. The summed E-state index contributed by atoms with van der Waals surface area (Å²) in [7, 11) is 0. The van der Waals surface area contributed by atoms with E-state index in [4.69, 9.17) is 0 Å². The van der Waals surface area contributed by atoms with Crippen molar-refractivity contribution < 1.29 is 14.8 Å².